The van der Waals surface area contributed by atoms with Gasteiger partial charge in [0.25, 0.3) is 11.8 Å². The molecule has 0 atom stereocenters. The molecule has 1 aromatic rings. The Morgan fingerprint density at radius 3 is 2.11 bits per heavy atom. The molecule has 0 aliphatic carbocycles. The molecule has 92 valence electrons. The molecule has 0 unspecified atom stereocenters. The predicted octanol–water partition coefficient (Wildman–Crippen LogP) is 2.22. The van der Waals surface area contributed by atoms with E-state index in [0.29, 0.717) is 17.5 Å². The molecule has 0 bridgehead atoms. The van der Waals surface area contributed by atoms with Crippen LogP contribution in [0.1, 0.15) is 41.0 Å². The number of nitrogens with zero attached hydrogens (tertiary/aromatic N) is 2. The highest BCUT2D eigenvalue weighted by atomic mass is 16.2. The molecule has 0 saturated carbocycles. The van der Waals surface area contributed by atoms with Gasteiger partial charge in [0, 0.05) is 6.54 Å². The van der Waals surface area contributed by atoms with Crippen molar-refractivity contribution in [1.82, 2.24) is 4.90 Å². The smallest absolute Gasteiger partial charge is 0.261 e. The normalized spacial score (nSPS) is 14.6. The van der Waals surface area contributed by atoms with Crippen molar-refractivity contribution in [3.63, 3.8) is 0 Å². The van der Waals surface area contributed by atoms with Crippen LogP contribution in [-0.4, -0.2) is 23.3 Å². The molecular weight excluding hydrogens is 228 g/mol. The van der Waals surface area contributed by atoms with Crippen molar-refractivity contribution in [2.24, 2.45) is 5.41 Å². The molecule has 1 heterocycles. The van der Waals surface area contributed by atoms with Gasteiger partial charge in [-0.25, -0.2) is 0 Å². The molecule has 18 heavy (non-hydrogen) atoms. The van der Waals surface area contributed by atoms with E-state index in [-0.39, 0.29) is 18.4 Å². The van der Waals surface area contributed by atoms with Crippen LogP contribution in [0, 0.1) is 16.7 Å². The van der Waals surface area contributed by atoms with Gasteiger partial charge < -0.3 is 0 Å². The van der Waals surface area contributed by atoms with Gasteiger partial charge in [-0.2, -0.15) is 5.26 Å². The minimum atomic E-state index is -0.532. The second-order valence-electron chi connectivity index (χ2n) is 5.05. The minimum Gasteiger partial charge on any atom is -0.274 e. The van der Waals surface area contributed by atoms with Crippen LogP contribution in [0.2, 0.25) is 0 Å². The zero-order chi connectivity index (χ0) is 13.3. The quantitative estimate of drug-likeness (QED) is 0.763. The maximum absolute atomic E-state index is 12.0. The second-order valence-corrected chi connectivity index (χ2v) is 5.05. The van der Waals surface area contributed by atoms with Crippen molar-refractivity contribution < 1.29 is 9.59 Å². The first-order chi connectivity index (χ1) is 8.46. The SMILES string of the molecule is CC(C)(C#N)CCN1C(=O)c2ccccc2C1=O. The number of nitriles is 1. The van der Waals surface area contributed by atoms with Gasteiger partial charge in [-0.05, 0) is 32.4 Å². The number of benzene rings is 1. The monoisotopic (exact) mass is 242 g/mol. The first-order valence-corrected chi connectivity index (χ1v) is 5.83. The molecule has 4 nitrogen and oxygen atoms in total. The Balaban J connectivity index is 2.18. The largest absolute Gasteiger partial charge is 0.274 e. The molecule has 0 saturated heterocycles. The third-order valence-electron chi connectivity index (χ3n) is 3.14. The van der Waals surface area contributed by atoms with Crippen molar-refractivity contribution in [1.29, 1.82) is 5.26 Å². The topological polar surface area (TPSA) is 61.2 Å². The van der Waals surface area contributed by atoms with Gasteiger partial charge in [-0.15, -0.1) is 0 Å². The van der Waals surface area contributed by atoms with E-state index in [4.69, 9.17) is 5.26 Å². The maximum atomic E-state index is 12.0. The van der Waals surface area contributed by atoms with Crippen LogP contribution in [0.15, 0.2) is 24.3 Å². The molecule has 0 fully saturated rings. The van der Waals surface area contributed by atoms with E-state index in [1.165, 1.54) is 4.90 Å². The van der Waals surface area contributed by atoms with Crippen molar-refractivity contribution >= 4 is 11.8 Å². The van der Waals surface area contributed by atoms with E-state index in [9.17, 15) is 9.59 Å². The van der Waals surface area contributed by atoms with Crippen LogP contribution in [0.25, 0.3) is 0 Å². The minimum absolute atomic E-state index is 0.260. The van der Waals surface area contributed by atoms with E-state index in [1.54, 1.807) is 38.1 Å². The third kappa shape index (κ3) is 2.00. The van der Waals surface area contributed by atoms with E-state index < -0.39 is 5.41 Å². The van der Waals surface area contributed by atoms with Gasteiger partial charge in [0.2, 0.25) is 0 Å². The first-order valence-electron chi connectivity index (χ1n) is 5.83. The summed E-state index contributed by atoms with van der Waals surface area (Å²) < 4.78 is 0. The molecule has 0 radical (unpaired) electrons. The van der Waals surface area contributed by atoms with Crippen LogP contribution in [0.4, 0.5) is 0 Å². The number of imide groups is 1. The number of amides is 2. The number of hydrogen-bond donors (Lipinski definition) is 0. The summed E-state index contributed by atoms with van der Waals surface area (Å²) in [4.78, 5) is 25.3. The number of fused-ring (bicyclic) bond motifs is 1. The Hall–Kier alpha value is -2.15. The predicted molar refractivity (Wildman–Crippen MR) is 65.8 cm³/mol. The highest BCUT2D eigenvalue weighted by Crippen LogP contribution is 2.25. The van der Waals surface area contributed by atoms with E-state index >= 15 is 0 Å². The molecular formula is C14H14N2O2. The molecule has 0 aromatic heterocycles. The number of carbonyl (C=O) groups excluding carboxylic acids is 2. The molecule has 2 rings (SSSR count). The van der Waals surface area contributed by atoms with Gasteiger partial charge >= 0.3 is 0 Å². The highest BCUT2D eigenvalue weighted by Gasteiger charge is 2.35. The summed E-state index contributed by atoms with van der Waals surface area (Å²) >= 11 is 0. The van der Waals surface area contributed by atoms with Crippen molar-refractivity contribution in [3.05, 3.63) is 35.4 Å². The molecule has 1 aliphatic rings. The average Bonchev–Trinajstić information content (AvgIpc) is 2.61. The second kappa shape index (κ2) is 4.26. The zero-order valence-corrected chi connectivity index (χ0v) is 10.4. The van der Waals surface area contributed by atoms with E-state index in [1.807, 2.05) is 0 Å². The molecule has 1 aromatic carbocycles. The number of rotatable bonds is 3. The van der Waals surface area contributed by atoms with Crippen LogP contribution < -0.4 is 0 Å². The van der Waals surface area contributed by atoms with Gasteiger partial charge in [-0.1, -0.05) is 12.1 Å². The highest BCUT2D eigenvalue weighted by molar-refractivity contribution is 6.21. The molecule has 1 aliphatic heterocycles. The van der Waals surface area contributed by atoms with Crippen LogP contribution >= 0.6 is 0 Å². The fourth-order valence-electron chi connectivity index (χ4n) is 1.89. The van der Waals surface area contributed by atoms with Crippen molar-refractivity contribution in [2.45, 2.75) is 20.3 Å². The third-order valence-corrected chi connectivity index (χ3v) is 3.14. The number of hydrogen-bond acceptors (Lipinski definition) is 3. The Labute approximate surface area is 106 Å². The van der Waals surface area contributed by atoms with Gasteiger partial charge in [0.15, 0.2) is 0 Å². The van der Waals surface area contributed by atoms with Crippen LogP contribution in [0.3, 0.4) is 0 Å². The molecule has 4 heteroatoms. The van der Waals surface area contributed by atoms with E-state index in [0.717, 1.165) is 0 Å². The van der Waals surface area contributed by atoms with E-state index in [2.05, 4.69) is 6.07 Å². The Morgan fingerprint density at radius 1 is 1.17 bits per heavy atom. The summed E-state index contributed by atoms with van der Waals surface area (Å²) in [5.74, 6) is -0.520. The Morgan fingerprint density at radius 2 is 1.67 bits per heavy atom. The molecule has 2 amide bonds. The lowest BCUT2D eigenvalue weighted by molar-refractivity contribution is 0.0642. The summed E-state index contributed by atoms with van der Waals surface area (Å²) in [7, 11) is 0. The Bertz CT molecular complexity index is 520. The lowest BCUT2D eigenvalue weighted by Crippen LogP contribution is -2.33. The van der Waals surface area contributed by atoms with Crippen molar-refractivity contribution in [3.8, 4) is 6.07 Å². The fourth-order valence-corrected chi connectivity index (χ4v) is 1.89. The van der Waals surface area contributed by atoms with Gasteiger partial charge in [-0.3, -0.25) is 14.5 Å². The summed E-state index contributed by atoms with van der Waals surface area (Å²) in [5.41, 5.74) is 0.379. The standard InChI is InChI=1S/C14H14N2O2/c1-14(2,9-15)7-8-16-12(17)10-5-3-4-6-11(10)13(16)18/h3-6H,7-8H2,1-2H3. The summed E-state index contributed by atoms with van der Waals surface area (Å²) in [5, 5.41) is 8.93. The lowest BCUT2D eigenvalue weighted by Gasteiger charge is -2.19. The van der Waals surface area contributed by atoms with Gasteiger partial charge in [0.1, 0.15) is 0 Å². The summed E-state index contributed by atoms with van der Waals surface area (Å²) in [6.45, 7) is 3.88. The average molecular weight is 242 g/mol. The maximum Gasteiger partial charge on any atom is 0.261 e. The molecule has 0 N–H and O–H groups in total. The van der Waals surface area contributed by atoms with Crippen LogP contribution in [-0.2, 0) is 0 Å². The first kappa shape index (κ1) is 12.3. The van der Waals surface area contributed by atoms with Crippen molar-refractivity contribution in [2.75, 3.05) is 6.54 Å². The molecule has 0 spiro atoms. The number of carbonyl (C=O) groups is 2. The summed E-state index contributed by atoms with van der Waals surface area (Å²) in [6, 6.07) is 8.97. The van der Waals surface area contributed by atoms with Crippen LogP contribution in [0.5, 0.6) is 0 Å². The zero-order valence-electron chi connectivity index (χ0n) is 10.4. The van der Waals surface area contributed by atoms with Gasteiger partial charge in [0.05, 0.1) is 22.6 Å². The Kier molecular flexibility index (Phi) is 2.92. The fraction of sp³-hybridized carbons (Fsp3) is 0.357. The lowest BCUT2D eigenvalue weighted by atomic mass is 9.91. The summed E-state index contributed by atoms with van der Waals surface area (Å²) in [6.07, 6.45) is 0.481.